The Bertz CT molecular complexity index is 460. The number of nitrogens with zero attached hydrogens (tertiary/aromatic N) is 1. The highest BCUT2D eigenvalue weighted by Crippen LogP contribution is 2.26. The highest BCUT2D eigenvalue weighted by molar-refractivity contribution is 7.17. The van der Waals surface area contributed by atoms with E-state index in [1.54, 1.807) is 0 Å². The van der Waals surface area contributed by atoms with Crippen molar-refractivity contribution in [3.8, 4) is 0 Å². The van der Waals surface area contributed by atoms with Crippen LogP contribution in [-0.2, 0) is 6.54 Å². The number of rotatable bonds is 6. The van der Waals surface area contributed by atoms with E-state index in [-0.39, 0.29) is 0 Å². The van der Waals surface area contributed by atoms with Gasteiger partial charge in [-0.2, -0.15) is 0 Å². The Kier molecular flexibility index (Phi) is 4.84. The van der Waals surface area contributed by atoms with E-state index in [0.717, 1.165) is 19.6 Å². The zero-order valence-electron chi connectivity index (χ0n) is 10.2. The third kappa shape index (κ3) is 3.21. The molecule has 1 aromatic heterocycles. The van der Waals surface area contributed by atoms with Crippen LogP contribution in [0.3, 0.4) is 0 Å². The molecular formula is C14H18ClNS. The van der Waals surface area contributed by atoms with Crippen molar-refractivity contribution in [2.45, 2.75) is 19.9 Å². The van der Waals surface area contributed by atoms with Gasteiger partial charge in [0.05, 0.1) is 0 Å². The van der Waals surface area contributed by atoms with Gasteiger partial charge in [0.25, 0.3) is 0 Å². The summed E-state index contributed by atoms with van der Waals surface area (Å²) in [6.45, 7) is 5.33. The summed E-state index contributed by atoms with van der Waals surface area (Å²) >= 11 is 7.68. The van der Waals surface area contributed by atoms with Gasteiger partial charge in [-0.3, -0.25) is 4.90 Å². The number of benzene rings is 1. The van der Waals surface area contributed by atoms with E-state index >= 15 is 0 Å². The predicted molar refractivity (Wildman–Crippen MR) is 78.1 cm³/mol. The zero-order valence-corrected chi connectivity index (χ0v) is 11.7. The fourth-order valence-corrected chi connectivity index (χ4v) is 3.29. The van der Waals surface area contributed by atoms with Crippen LogP contribution in [0.2, 0.25) is 0 Å². The molecule has 0 radical (unpaired) electrons. The third-order valence-electron chi connectivity index (χ3n) is 2.90. The second-order valence-electron chi connectivity index (χ2n) is 4.22. The average molecular weight is 268 g/mol. The summed E-state index contributed by atoms with van der Waals surface area (Å²) in [5.74, 6) is 0.710. The van der Waals surface area contributed by atoms with E-state index in [9.17, 15) is 0 Å². The third-order valence-corrected chi connectivity index (χ3v) is 4.08. The van der Waals surface area contributed by atoms with Gasteiger partial charge in [-0.05, 0) is 35.4 Å². The first kappa shape index (κ1) is 12.9. The summed E-state index contributed by atoms with van der Waals surface area (Å²) in [5, 5.41) is 3.68. The van der Waals surface area contributed by atoms with Crippen LogP contribution in [0.25, 0.3) is 10.1 Å². The van der Waals surface area contributed by atoms with Gasteiger partial charge in [-0.1, -0.05) is 25.1 Å². The lowest BCUT2D eigenvalue weighted by atomic mass is 10.1. The van der Waals surface area contributed by atoms with E-state index in [4.69, 9.17) is 11.6 Å². The summed E-state index contributed by atoms with van der Waals surface area (Å²) in [6.07, 6.45) is 1.18. The van der Waals surface area contributed by atoms with Crippen LogP contribution in [0.4, 0.5) is 0 Å². The molecule has 2 rings (SSSR count). The summed E-state index contributed by atoms with van der Waals surface area (Å²) < 4.78 is 1.38. The molecule has 0 fully saturated rings. The quantitative estimate of drug-likeness (QED) is 0.704. The molecule has 2 aromatic rings. The highest BCUT2D eigenvalue weighted by atomic mass is 35.5. The Hall–Kier alpha value is -0.570. The first-order valence-electron chi connectivity index (χ1n) is 6.08. The van der Waals surface area contributed by atoms with Crippen molar-refractivity contribution in [3.63, 3.8) is 0 Å². The Morgan fingerprint density at radius 1 is 1.24 bits per heavy atom. The number of hydrogen-bond donors (Lipinski definition) is 0. The molecule has 0 aliphatic heterocycles. The maximum absolute atomic E-state index is 5.85. The minimum atomic E-state index is 0.710. The molecule has 0 saturated carbocycles. The highest BCUT2D eigenvalue weighted by Gasteiger charge is 2.08. The van der Waals surface area contributed by atoms with Gasteiger partial charge in [-0.15, -0.1) is 22.9 Å². The fourth-order valence-electron chi connectivity index (χ4n) is 2.10. The van der Waals surface area contributed by atoms with Gasteiger partial charge in [0.15, 0.2) is 0 Å². The number of hydrogen-bond acceptors (Lipinski definition) is 2. The average Bonchev–Trinajstić information content (AvgIpc) is 2.74. The van der Waals surface area contributed by atoms with Crippen LogP contribution in [0.5, 0.6) is 0 Å². The minimum Gasteiger partial charge on any atom is -0.298 e. The summed E-state index contributed by atoms with van der Waals surface area (Å²) in [5.41, 5.74) is 1.43. The first-order chi connectivity index (χ1) is 8.35. The molecular weight excluding hydrogens is 250 g/mol. The van der Waals surface area contributed by atoms with E-state index in [0.29, 0.717) is 5.88 Å². The number of fused-ring (bicyclic) bond motifs is 1. The fraction of sp³-hybridized carbons (Fsp3) is 0.429. The minimum absolute atomic E-state index is 0.710. The van der Waals surface area contributed by atoms with Crippen molar-refractivity contribution in [1.29, 1.82) is 0 Å². The Balaban J connectivity index is 2.15. The van der Waals surface area contributed by atoms with Crippen LogP contribution in [0.15, 0.2) is 29.6 Å². The van der Waals surface area contributed by atoms with Gasteiger partial charge >= 0.3 is 0 Å². The molecule has 0 aliphatic carbocycles. The van der Waals surface area contributed by atoms with Crippen LogP contribution < -0.4 is 0 Å². The standard InChI is InChI=1S/C14H18ClNS/c1-2-8-16(9-7-15)10-12-11-17-14-6-4-3-5-13(12)14/h3-6,11H,2,7-10H2,1H3. The largest absolute Gasteiger partial charge is 0.298 e. The molecule has 0 spiro atoms. The van der Waals surface area contributed by atoms with Crippen molar-refractivity contribution in [1.82, 2.24) is 4.90 Å². The van der Waals surface area contributed by atoms with Gasteiger partial charge in [0.1, 0.15) is 0 Å². The number of alkyl halides is 1. The Labute approximate surface area is 112 Å². The van der Waals surface area contributed by atoms with Crippen molar-refractivity contribution in [2.75, 3.05) is 19.0 Å². The molecule has 0 bridgehead atoms. The molecule has 0 N–H and O–H groups in total. The van der Waals surface area contributed by atoms with Crippen LogP contribution >= 0.6 is 22.9 Å². The van der Waals surface area contributed by atoms with Crippen LogP contribution in [0, 0.1) is 0 Å². The van der Waals surface area contributed by atoms with Gasteiger partial charge in [-0.25, -0.2) is 0 Å². The van der Waals surface area contributed by atoms with Crippen molar-refractivity contribution >= 4 is 33.0 Å². The molecule has 0 unspecified atom stereocenters. The van der Waals surface area contributed by atoms with E-state index < -0.39 is 0 Å². The molecule has 92 valence electrons. The van der Waals surface area contributed by atoms with Crippen molar-refractivity contribution in [2.24, 2.45) is 0 Å². The number of halogens is 1. The Morgan fingerprint density at radius 2 is 2.06 bits per heavy atom. The van der Waals surface area contributed by atoms with E-state index in [1.165, 1.54) is 22.1 Å². The van der Waals surface area contributed by atoms with Crippen LogP contribution in [-0.4, -0.2) is 23.9 Å². The Morgan fingerprint density at radius 3 is 2.82 bits per heavy atom. The smallest absolute Gasteiger partial charge is 0.0351 e. The zero-order chi connectivity index (χ0) is 12.1. The normalized spacial score (nSPS) is 11.5. The maximum atomic E-state index is 5.85. The monoisotopic (exact) mass is 267 g/mol. The lowest BCUT2D eigenvalue weighted by Crippen LogP contribution is -2.26. The molecule has 0 amide bonds. The topological polar surface area (TPSA) is 3.24 Å². The maximum Gasteiger partial charge on any atom is 0.0351 e. The van der Waals surface area contributed by atoms with Crippen molar-refractivity contribution < 1.29 is 0 Å². The number of thiophene rings is 1. The molecule has 3 heteroatoms. The first-order valence-corrected chi connectivity index (χ1v) is 7.50. The molecule has 1 nitrogen and oxygen atoms in total. The summed E-state index contributed by atoms with van der Waals surface area (Å²) in [4.78, 5) is 2.43. The lowest BCUT2D eigenvalue weighted by molar-refractivity contribution is 0.283. The van der Waals surface area contributed by atoms with Crippen LogP contribution in [0.1, 0.15) is 18.9 Å². The van der Waals surface area contributed by atoms with Gasteiger partial charge in [0, 0.05) is 23.7 Å². The molecule has 0 atom stereocenters. The molecule has 1 aromatic carbocycles. The van der Waals surface area contributed by atoms with E-state index in [2.05, 4.69) is 41.5 Å². The van der Waals surface area contributed by atoms with Gasteiger partial charge in [0.2, 0.25) is 0 Å². The molecule has 0 saturated heterocycles. The molecule has 0 aliphatic rings. The van der Waals surface area contributed by atoms with Crippen molar-refractivity contribution in [3.05, 3.63) is 35.2 Å². The van der Waals surface area contributed by atoms with E-state index in [1.807, 2.05) is 11.3 Å². The summed E-state index contributed by atoms with van der Waals surface area (Å²) in [6, 6.07) is 8.62. The second kappa shape index (κ2) is 6.39. The molecule has 17 heavy (non-hydrogen) atoms. The SMILES string of the molecule is CCCN(CCCl)Cc1csc2ccccc12. The summed E-state index contributed by atoms with van der Waals surface area (Å²) in [7, 11) is 0. The molecule has 1 heterocycles. The lowest BCUT2D eigenvalue weighted by Gasteiger charge is -2.20. The second-order valence-corrected chi connectivity index (χ2v) is 5.51. The predicted octanol–water partition coefficient (Wildman–Crippen LogP) is 4.35. The van der Waals surface area contributed by atoms with Gasteiger partial charge < -0.3 is 0 Å².